The van der Waals surface area contributed by atoms with Crippen LogP contribution in [0.15, 0.2) is 18.5 Å². The van der Waals surface area contributed by atoms with Gasteiger partial charge in [0.1, 0.15) is 17.0 Å². The number of piperazine rings is 1. The van der Waals surface area contributed by atoms with Crippen molar-refractivity contribution >= 4 is 33.7 Å². The molecule has 3 aromatic rings. The van der Waals surface area contributed by atoms with Gasteiger partial charge in [0, 0.05) is 44.7 Å². The van der Waals surface area contributed by atoms with Crippen molar-refractivity contribution in [2.24, 2.45) is 13.0 Å². The fourth-order valence-corrected chi connectivity index (χ4v) is 4.09. The van der Waals surface area contributed by atoms with E-state index < -0.39 is 0 Å². The number of anilines is 1. The summed E-state index contributed by atoms with van der Waals surface area (Å²) in [4.78, 5) is 25.4. The lowest BCUT2D eigenvalue weighted by Crippen LogP contribution is -2.44. The van der Waals surface area contributed by atoms with Crippen LogP contribution in [0.1, 0.15) is 29.2 Å². The number of likely N-dealkylation sites (N-methyl/N-ethyl adjacent to an activating group) is 1. The standard InChI is InChI=1S/C13H22N4O.C8H8N2OS/c1-11(2)9-18-13-8-12(14-10-15-13)17-6-4-16(3)5-7-17;1-5-7-3-6(4-11)12-8(7)10(2)9-5/h8,10-11H,4-7,9H2,1-3H3;3-4H,1-2H3. The van der Waals surface area contributed by atoms with Crippen LogP contribution in [0.25, 0.3) is 10.2 Å². The lowest BCUT2D eigenvalue weighted by molar-refractivity contribution is 0.112. The molecule has 4 heterocycles. The van der Waals surface area contributed by atoms with E-state index in [-0.39, 0.29) is 0 Å². The summed E-state index contributed by atoms with van der Waals surface area (Å²) in [6.07, 6.45) is 2.47. The lowest BCUT2D eigenvalue weighted by atomic mass is 10.2. The van der Waals surface area contributed by atoms with Gasteiger partial charge >= 0.3 is 0 Å². The summed E-state index contributed by atoms with van der Waals surface area (Å²) in [7, 11) is 4.04. The number of carbonyl (C=O) groups is 1. The van der Waals surface area contributed by atoms with Crippen LogP contribution < -0.4 is 9.64 Å². The van der Waals surface area contributed by atoms with Crippen molar-refractivity contribution in [2.45, 2.75) is 20.8 Å². The second-order valence-electron chi connectivity index (χ2n) is 7.90. The number of ether oxygens (including phenoxy) is 1. The van der Waals surface area contributed by atoms with Gasteiger partial charge in [0.2, 0.25) is 5.88 Å². The smallest absolute Gasteiger partial charge is 0.218 e. The van der Waals surface area contributed by atoms with E-state index in [9.17, 15) is 4.79 Å². The summed E-state index contributed by atoms with van der Waals surface area (Å²) >= 11 is 1.48. The summed E-state index contributed by atoms with van der Waals surface area (Å²) in [6, 6.07) is 3.82. The minimum atomic E-state index is 0.507. The van der Waals surface area contributed by atoms with Crippen LogP contribution in [0.3, 0.4) is 0 Å². The largest absolute Gasteiger partial charge is 0.477 e. The van der Waals surface area contributed by atoms with Gasteiger partial charge in [0.15, 0.2) is 6.29 Å². The normalized spacial score (nSPS) is 14.7. The molecule has 30 heavy (non-hydrogen) atoms. The van der Waals surface area contributed by atoms with E-state index in [1.54, 1.807) is 6.33 Å². The zero-order valence-corrected chi connectivity index (χ0v) is 19.1. The summed E-state index contributed by atoms with van der Waals surface area (Å²) in [5.41, 5.74) is 0.983. The second-order valence-corrected chi connectivity index (χ2v) is 8.97. The Morgan fingerprint density at radius 2 is 1.90 bits per heavy atom. The lowest BCUT2D eigenvalue weighted by Gasteiger charge is -2.33. The number of hydrogen-bond acceptors (Lipinski definition) is 8. The molecule has 1 aliphatic heterocycles. The van der Waals surface area contributed by atoms with Gasteiger partial charge < -0.3 is 14.5 Å². The van der Waals surface area contributed by atoms with E-state index in [1.807, 2.05) is 30.8 Å². The van der Waals surface area contributed by atoms with E-state index in [0.717, 1.165) is 59.1 Å². The van der Waals surface area contributed by atoms with Gasteiger partial charge in [-0.25, -0.2) is 9.97 Å². The highest BCUT2D eigenvalue weighted by Gasteiger charge is 2.16. The van der Waals surface area contributed by atoms with Gasteiger partial charge in [-0.3, -0.25) is 9.48 Å². The number of aromatic nitrogens is 4. The predicted octanol–water partition coefficient (Wildman–Crippen LogP) is 3.02. The van der Waals surface area contributed by atoms with Crippen molar-refractivity contribution in [2.75, 3.05) is 44.7 Å². The quantitative estimate of drug-likeness (QED) is 0.576. The monoisotopic (exact) mass is 430 g/mol. The average Bonchev–Trinajstić information content (AvgIpc) is 3.28. The summed E-state index contributed by atoms with van der Waals surface area (Å²) in [6.45, 7) is 11.1. The molecule has 3 aromatic heterocycles. The second kappa shape index (κ2) is 9.99. The van der Waals surface area contributed by atoms with Crippen LogP contribution in [0.2, 0.25) is 0 Å². The van der Waals surface area contributed by atoms with Gasteiger partial charge in [0.05, 0.1) is 17.2 Å². The van der Waals surface area contributed by atoms with Crippen molar-refractivity contribution in [1.29, 1.82) is 0 Å². The maximum Gasteiger partial charge on any atom is 0.218 e. The Morgan fingerprint density at radius 1 is 1.17 bits per heavy atom. The third kappa shape index (κ3) is 5.54. The topological polar surface area (TPSA) is 76.4 Å². The molecule has 1 aliphatic rings. The molecule has 0 atom stereocenters. The fourth-order valence-electron chi connectivity index (χ4n) is 3.15. The van der Waals surface area contributed by atoms with Gasteiger partial charge in [0.25, 0.3) is 0 Å². The van der Waals surface area contributed by atoms with Crippen molar-refractivity contribution < 1.29 is 9.53 Å². The molecule has 0 radical (unpaired) electrons. The molecule has 162 valence electrons. The number of hydrogen-bond donors (Lipinski definition) is 0. The Morgan fingerprint density at radius 3 is 2.53 bits per heavy atom. The van der Waals surface area contributed by atoms with Gasteiger partial charge in [-0.1, -0.05) is 13.8 Å². The number of rotatable bonds is 5. The van der Waals surface area contributed by atoms with Crippen LogP contribution in [0.4, 0.5) is 5.82 Å². The van der Waals surface area contributed by atoms with Crippen LogP contribution in [-0.2, 0) is 7.05 Å². The molecule has 0 saturated carbocycles. The van der Waals surface area contributed by atoms with Gasteiger partial charge in [-0.2, -0.15) is 5.10 Å². The van der Waals surface area contributed by atoms with Gasteiger partial charge in [-0.15, -0.1) is 11.3 Å². The maximum absolute atomic E-state index is 10.5. The zero-order chi connectivity index (χ0) is 21.7. The number of carbonyl (C=O) groups excluding carboxylic acids is 1. The average molecular weight is 431 g/mol. The molecular weight excluding hydrogens is 400 g/mol. The molecule has 0 amide bonds. The number of aryl methyl sites for hydroxylation is 2. The Bertz CT molecular complexity index is 941. The predicted molar refractivity (Wildman–Crippen MR) is 121 cm³/mol. The number of nitrogens with zero attached hydrogens (tertiary/aromatic N) is 6. The summed E-state index contributed by atoms with van der Waals surface area (Å²) in [5, 5.41) is 5.32. The Balaban J connectivity index is 0.000000184. The SMILES string of the molecule is CC(C)COc1cc(N2CCN(C)CC2)ncn1.Cc1nn(C)c2sc(C=O)cc12. The molecule has 9 heteroatoms. The number of thiophene rings is 1. The fraction of sp³-hybridized carbons (Fsp3) is 0.524. The number of fused-ring (bicyclic) bond motifs is 1. The van der Waals surface area contributed by atoms with E-state index in [2.05, 4.69) is 45.8 Å². The van der Waals surface area contributed by atoms with E-state index in [0.29, 0.717) is 18.4 Å². The van der Waals surface area contributed by atoms with E-state index in [1.165, 1.54) is 11.3 Å². The van der Waals surface area contributed by atoms with E-state index >= 15 is 0 Å². The molecule has 0 N–H and O–H groups in total. The van der Waals surface area contributed by atoms with Crippen molar-refractivity contribution in [3.8, 4) is 5.88 Å². The molecule has 1 saturated heterocycles. The van der Waals surface area contributed by atoms with Crippen molar-refractivity contribution in [1.82, 2.24) is 24.6 Å². The van der Waals surface area contributed by atoms with Crippen LogP contribution in [-0.4, -0.2) is 70.8 Å². The Labute approximate surface area is 181 Å². The molecule has 0 bridgehead atoms. The first-order valence-electron chi connectivity index (χ1n) is 10.1. The first kappa shape index (κ1) is 22.2. The van der Waals surface area contributed by atoms with Crippen LogP contribution >= 0.6 is 11.3 Å². The van der Waals surface area contributed by atoms with Crippen molar-refractivity contribution in [3.63, 3.8) is 0 Å². The maximum atomic E-state index is 10.5. The molecule has 0 unspecified atom stereocenters. The highest BCUT2D eigenvalue weighted by molar-refractivity contribution is 7.20. The summed E-state index contributed by atoms with van der Waals surface area (Å²) in [5.74, 6) is 2.15. The molecule has 0 aromatic carbocycles. The first-order valence-corrected chi connectivity index (χ1v) is 11.0. The minimum absolute atomic E-state index is 0.507. The highest BCUT2D eigenvalue weighted by Crippen LogP contribution is 2.26. The number of aldehydes is 1. The van der Waals surface area contributed by atoms with Crippen molar-refractivity contribution in [3.05, 3.63) is 29.0 Å². The van der Waals surface area contributed by atoms with Gasteiger partial charge in [-0.05, 0) is 26.0 Å². The molecule has 0 spiro atoms. The van der Waals surface area contributed by atoms with Crippen LogP contribution in [0.5, 0.6) is 5.88 Å². The third-order valence-electron chi connectivity index (χ3n) is 4.85. The molecule has 0 aliphatic carbocycles. The third-order valence-corrected chi connectivity index (χ3v) is 5.98. The molecule has 4 rings (SSSR count). The molecule has 8 nitrogen and oxygen atoms in total. The van der Waals surface area contributed by atoms with E-state index in [4.69, 9.17) is 4.74 Å². The zero-order valence-electron chi connectivity index (χ0n) is 18.3. The molecular formula is C21H30N6O2S. The Hall–Kier alpha value is -2.52. The molecule has 1 fully saturated rings. The Kier molecular flexibility index (Phi) is 7.38. The minimum Gasteiger partial charge on any atom is -0.477 e. The highest BCUT2D eigenvalue weighted by atomic mass is 32.1. The van der Waals surface area contributed by atoms with Crippen LogP contribution in [0, 0.1) is 12.8 Å². The summed E-state index contributed by atoms with van der Waals surface area (Å²) < 4.78 is 7.44. The first-order chi connectivity index (χ1) is 14.4.